The normalized spacial score (nSPS) is 10.7. The first-order valence-corrected chi connectivity index (χ1v) is 10.9. The minimum atomic E-state index is -0.0657. The molecule has 0 spiro atoms. The smallest absolute Gasteiger partial charge is 0.224 e. The molecule has 3 aromatic carbocycles. The lowest BCUT2D eigenvalue weighted by Crippen LogP contribution is -2.13. The van der Waals surface area contributed by atoms with Crippen LogP contribution in [-0.2, 0) is 4.79 Å². The standard InChI is InChI=1S/C25H22N2O3S/c1-17(28)18-12-14-19(15-13-18)30-16-6-11-24(29)26-21-8-3-2-7-20(21)25-27-22-9-4-5-10-23(22)31-25/h2-5,7-10,12-15H,6,11,16H2,1H3,(H,26,29). The molecule has 4 rings (SSSR count). The van der Waals surface area contributed by atoms with E-state index in [1.54, 1.807) is 35.6 Å². The number of hydrogen-bond donors (Lipinski definition) is 1. The quantitative estimate of drug-likeness (QED) is 0.276. The van der Waals surface area contributed by atoms with Crippen LogP contribution in [0.3, 0.4) is 0 Å². The summed E-state index contributed by atoms with van der Waals surface area (Å²) in [6.07, 6.45) is 0.934. The number of carbonyl (C=O) groups excluding carboxylic acids is 2. The topological polar surface area (TPSA) is 68.3 Å². The summed E-state index contributed by atoms with van der Waals surface area (Å²) in [6, 6.07) is 22.7. The highest BCUT2D eigenvalue weighted by Crippen LogP contribution is 2.34. The Kier molecular flexibility index (Phi) is 6.38. The molecule has 0 saturated carbocycles. The highest BCUT2D eigenvalue weighted by Gasteiger charge is 2.12. The zero-order chi connectivity index (χ0) is 21.6. The van der Waals surface area contributed by atoms with Crippen LogP contribution in [0.5, 0.6) is 5.75 Å². The van der Waals surface area contributed by atoms with E-state index in [1.165, 1.54) is 6.92 Å². The fourth-order valence-electron chi connectivity index (χ4n) is 3.19. The Morgan fingerprint density at radius 3 is 2.48 bits per heavy atom. The number of Topliss-reactive ketones (excluding diaryl/α,β-unsaturated/α-hetero) is 1. The maximum atomic E-state index is 12.5. The monoisotopic (exact) mass is 430 g/mol. The number of thiazole rings is 1. The Hall–Kier alpha value is -3.51. The van der Waals surface area contributed by atoms with Gasteiger partial charge >= 0.3 is 0 Å². The highest BCUT2D eigenvalue weighted by molar-refractivity contribution is 7.21. The van der Waals surface area contributed by atoms with Gasteiger partial charge in [-0.3, -0.25) is 9.59 Å². The highest BCUT2D eigenvalue weighted by atomic mass is 32.1. The Labute approximate surface area is 184 Å². The number of amides is 1. The SMILES string of the molecule is CC(=O)c1ccc(OCCCC(=O)Nc2ccccc2-c2nc3ccccc3s2)cc1. The van der Waals surface area contributed by atoms with Crippen LogP contribution in [0.1, 0.15) is 30.1 Å². The number of para-hydroxylation sites is 2. The van der Waals surface area contributed by atoms with Crippen molar-refractivity contribution in [3.8, 4) is 16.3 Å². The third kappa shape index (κ3) is 5.16. The zero-order valence-electron chi connectivity index (χ0n) is 17.1. The molecule has 0 aliphatic heterocycles. The molecule has 0 atom stereocenters. The number of fused-ring (bicyclic) bond motifs is 1. The zero-order valence-corrected chi connectivity index (χ0v) is 17.9. The molecule has 5 nitrogen and oxygen atoms in total. The molecule has 1 aromatic heterocycles. The summed E-state index contributed by atoms with van der Waals surface area (Å²) in [5.41, 5.74) is 3.28. The summed E-state index contributed by atoms with van der Waals surface area (Å²) in [5, 5.41) is 3.89. The number of nitrogens with one attached hydrogen (secondary N) is 1. The van der Waals surface area contributed by atoms with Gasteiger partial charge in [0, 0.05) is 17.5 Å². The van der Waals surface area contributed by atoms with Crippen LogP contribution in [0.4, 0.5) is 5.69 Å². The van der Waals surface area contributed by atoms with Crippen molar-refractivity contribution < 1.29 is 14.3 Å². The van der Waals surface area contributed by atoms with E-state index in [4.69, 9.17) is 9.72 Å². The maximum Gasteiger partial charge on any atom is 0.224 e. The van der Waals surface area contributed by atoms with E-state index < -0.39 is 0 Å². The number of carbonyl (C=O) groups is 2. The molecular formula is C25H22N2O3S. The fourth-order valence-corrected chi connectivity index (χ4v) is 4.19. The number of ether oxygens (including phenoxy) is 1. The van der Waals surface area contributed by atoms with Gasteiger partial charge in [0.1, 0.15) is 10.8 Å². The number of hydrogen-bond acceptors (Lipinski definition) is 5. The van der Waals surface area contributed by atoms with Gasteiger partial charge in [0.15, 0.2) is 5.78 Å². The van der Waals surface area contributed by atoms with Crippen LogP contribution in [0, 0.1) is 0 Å². The molecule has 0 aliphatic rings. The van der Waals surface area contributed by atoms with Gasteiger partial charge in [0.05, 0.1) is 22.5 Å². The predicted octanol–water partition coefficient (Wildman–Crippen LogP) is 5.96. The third-order valence-corrected chi connectivity index (χ3v) is 5.87. The van der Waals surface area contributed by atoms with Gasteiger partial charge in [-0.2, -0.15) is 0 Å². The molecule has 1 heterocycles. The van der Waals surface area contributed by atoms with Crippen molar-refractivity contribution in [1.29, 1.82) is 0 Å². The van der Waals surface area contributed by atoms with Crippen molar-refractivity contribution in [2.45, 2.75) is 19.8 Å². The molecule has 31 heavy (non-hydrogen) atoms. The van der Waals surface area contributed by atoms with Crippen molar-refractivity contribution in [3.63, 3.8) is 0 Å². The molecule has 156 valence electrons. The lowest BCUT2D eigenvalue weighted by atomic mass is 10.1. The number of nitrogens with zero attached hydrogens (tertiary/aromatic N) is 1. The van der Waals surface area contributed by atoms with E-state index >= 15 is 0 Å². The largest absolute Gasteiger partial charge is 0.494 e. The first kappa shape index (κ1) is 20.8. The summed E-state index contributed by atoms with van der Waals surface area (Å²) in [5.74, 6) is 0.644. The van der Waals surface area contributed by atoms with E-state index in [0.29, 0.717) is 30.8 Å². The maximum absolute atomic E-state index is 12.5. The Balaban J connectivity index is 1.33. The molecule has 0 unspecified atom stereocenters. The van der Waals surface area contributed by atoms with Gasteiger partial charge in [-0.15, -0.1) is 11.3 Å². The average Bonchev–Trinajstić information content (AvgIpc) is 3.21. The molecule has 0 fully saturated rings. The van der Waals surface area contributed by atoms with Crippen molar-refractivity contribution in [1.82, 2.24) is 4.98 Å². The molecule has 1 amide bonds. The van der Waals surface area contributed by atoms with E-state index in [9.17, 15) is 9.59 Å². The molecule has 0 radical (unpaired) electrons. The predicted molar refractivity (Wildman–Crippen MR) is 125 cm³/mol. The van der Waals surface area contributed by atoms with Crippen molar-refractivity contribution in [3.05, 3.63) is 78.4 Å². The van der Waals surface area contributed by atoms with E-state index in [1.807, 2.05) is 48.5 Å². The van der Waals surface area contributed by atoms with Crippen LogP contribution >= 0.6 is 11.3 Å². The Morgan fingerprint density at radius 1 is 0.968 bits per heavy atom. The number of benzene rings is 3. The second kappa shape index (κ2) is 9.53. The summed E-state index contributed by atoms with van der Waals surface area (Å²) in [6.45, 7) is 1.95. The number of aromatic nitrogens is 1. The molecule has 0 bridgehead atoms. The van der Waals surface area contributed by atoms with Crippen LogP contribution in [0.15, 0.2) is 72.8 Å². The molecule has 4 aromatic rings. The van der Waals surface area contributed by atoms with Crippen LogP contribution in [0.2, 0.25) is 0 Å². The Morgan fingerprint density at radius 2 is 1.71 bits per heavy atom. The lowest BCUT2D eigenvalue weighted by molar-refractivity contribution is -0.116. The van der Waals surface area contributed by atoms with E-state index in [-0.39, 0.29) is 11.7 Å². The molecule has 6 heteroatoms. The summed E-state index contributed by atoms with van der Waals surface area (Å²) in [7, 11) is 0. The molecular weight excluding hydrogens is 408 g/mol. The minimum Gasteiger partial charge on any atom is -0.494 e. The first-order chi connectivity index (χ1) is 15.1. The summed E-state index contributed by atoms with van der Waals surface area (Å²) in [4.78, 5) is 28.5. The summed E-state index contributed by atoms with van der Waals surface area (Å²) >= 11 is 1.61. The number of rotatable bonds is 8. The van der Waals surface area contributed by atoms with Crippen LogP contribution in [0.25, 0.3) is 20.8 Å². The number of anilines is 1. The Bertz CT molecular complexity index is 1180. The van der Waals surface area contributed by atoms with Gasteiger partial charge in [-0.05, 0) is 61.9 Å². The van der Waals surface area contributed by atoms with Crippen LogP contribution < -0.4 is 10.1 Å². The average molecular weight is 431 g/mol. The van der Waals surface area contributed by atoms with E-state index in [0.717, 1.165) is 26.5 Å². The fraction of sp³-hybridized carbons (Fsp3) is 0.160. The van der Waals surface area contributed by atoms with Crippen molar-refractivity contribution in [2.75, 3.05) is 11.9 Å². The van der Waals surface area contributed by atoms with Crippen molar-refractivity contribution >= 4 is 38.9 Å². The second-order valence-electron chi connectivity index (χ2n) is 7.11. The van der Waals surface area contributed by atoms with Crippen molar-refractivity contribution in [2.24, 2.45) is 0 Å². The summed E-state index contributed by atoms with van der Waals surface area (Å²) < 4.78 is 6.79. The van der Waals surface area contributed by atoms with Gasteiger partial charge in [0.25, 0.3) is 0 Å². The second-order valence-corrected chi connectivity index (χ2v) is 8.14. The molecule has 0 saturated heterocycles. The van der Waals surface area contributed by atoms with Gasteiger partial charge in [-0.1, -0.05) is 24.3 Å². The third-order valence-electron chi connectivity index (χ3n) is 4.80. The van der Waals surface area contributed by atoms with E-state index in [2.05, 4.69) is 5.32 Å². The first-order valence-electron chi connectivity index (χ1n) is 10.1. The van der Waals surface area contributed by atoms with Crippen LogP contribution in [-0.4, -0.2) is 23.3 Å². The van der Waals surface area contributed by atoms with Gasteiger partial charge in [-0.25, -0.2) is 4.98 Å². The van der Waals surface area contributed by atoms with Gasteiger partial charge in [0.2, 0.25) is 5.91 Å². The molecule has 1 N–H and O–H groups in total. The lowest BCUT2D eigenvalue weighted by Gasteiger charge is -2.10. The molecule has 0 aliphatic carbocycles. The van der Waals surface area contributed by atoms with Gasteiger partial charge < -0.3 is 10.1 Å². The number of ketones is 1. The minimum absolute atomic E-state index is 0.0225.